The standard InChI is InChI=1S/C20H26N2O2/c1-14(2)19(16-10-6-5-7-11-16)21-15(3)20(23)22-17-12-8-9-13-18(17)24-4/h5-15,19,21H,1-4H3,(H,22,23)/t15-,19-/m1/s1. The van der Waals surface area contributed by atoms with Crippen LogP contribution in [0.2, 0.25) is 0 Å². The van der Waals surface area contributed by atoms with Crippen LogP contribution in [-0.2, 0) is 4.79 Å². The molecule has 0 unspecified atom stereocenters. The topological polar surface area (TPSA) is 50.4 Å². The van der Waals surface area contributed by atoms with E-state index < -0.39 is 0 Å². The van der Waals surface area contributed by atoms with E-state index in [4.69, 9.17) is 4.74 Å². The number of hydrogen-bond donors (Lipinski definition) is 2. The maximum Gasteiger partial charge on any atom is 0.241 e. The second kappa shape index (κ2) is 8.50. The summed E-state index contributed by atoms with van der Waals surface area (Å²) in [5, 5.41) is 6.37. The van der Waals surface area contributed by atoms with E-state index in [1.807, 2.05) is 49.4 Å². The molecule has 0 aliphatic rings. The second-order valence-electron chi connectivity index (χ2n) is 6.21. The molecule has 0 saturated carbocycles. The molecule has 0 aliphatic heterocycles. The molecule has 24 heavy (non-hydrogen) atoms. The molecule has 2 rings (SSSR count). The second-order valence-corrected chi connectivity index (χ2v) is 6.21. The first-order valence-electron chi connectivity index (χ1n) is 8.27. The highest BCUT2D eigenvalue weighted by atomic mass is 16.5. The van der Waals surface area contributed by atoms with Gasteiger partial charge in [-0.2, -0.15) is 0 Å². The van der Waals surface area contributed by atoms with Gasteiger partial charge in [-0.05, 0) is 30.5 Å². The predicted molar refractivity (Wildman–Crippen MR) is 98.2 cm³/mol. The Kier molecular flexibility index (Phi) is 6.38. The average Bonchev–Trinajstić information content (AvgIpc) is 2.60. The third-order valence-electron chi connectivity index (χ3n) is 4.01. The highest BCUT2D eigenvalue weighted by Crippen LogP contribution is 2.24. The maximum absolute atomic E-state index is 12.5. The first-order valence-corrected chi connectivity index (χ1v) is 8.27. The number of nitrogens with one attached hydrogen (secondary N) is 2. The van der Waals surface area contributed by atoms with Crippen LogP contribution >= 0.6 is 0 Å². The van der Waals surface area contributed by atoms with Crippen molar-refractivity contribution < 1.29 is 9.53 Å². The van der Waals surface area contributed by atoms with Crippen molar-refractivity contribution in [1.82, 2.24) is 5.32 Å². The van der Waals surface area contributed by atoms with Crippen molar-refractivity contribution in [2.75, 3.05) is 12.4 Å². The Morgan fingerprint density at radius 1 is 0.958 bits per heavy atom. The van der Waals surface area contributed by atoms with E-state index in [1.54, 1.807) is 7.11 Å². The van der Waals surface area contributed by atoms with Crippen LogP contribution in [0, 0.1) is 5.92 Å². The number of para-hydroxylation sites is 2. The molecule has 0 spiro atoms. The molecule has 0 fully saturated rings. The van der Waals surface area contributed by atoms with Crippen LogP contribution in [0.25, 0.3) is 0 Å². The first-order chi connectivity index (χ1) is 11.5. The van der Waals surface area contributed by atoms with Gasteiger partial charge in [0.2, 0.25) is 5.91 Å². The number of rotatable bonds is 7. The summed E-state index contributed by atoms with van der Waals surface area (Å²) in [6, 6.07) is 17.4. The molecule has 4 heteroatoms. The zero-order chi connectivity index (χ0) is 17.5. The summed E-state index contributed by atoms with van der Waals surface area (Å²) in [5.74, 6) is 0.941. The summed E-state index contributed by atoms with van der Waals surface area (Å²) < 4.78 is 5.28. The van der Waals surface area contributed by atoms with Crippen LogP contribution in [-0.4, -0.2) is 19.1 Å². The van der Waals surface area contributed by atoms with E-state index in [1.165, 1.54) is 5.56 Å². The number of ether oxygens (including phenoxy) is 1. The summed E-state index contributed by atoms with van der Waals surface area (Å²) >= 11 is 0. The van der Waals surface area contributed by atoms with Gasteiger partial charge in [0.1, 0.15) is 5.75 Å². The third kappa shape index (κ3) is 4.59. The lowest BCUT2D eigenvalue weighted by atomic mass is 9.95. The fraction of sp³-hybridized carbons (Fsp3) is 0.350. The van der Waals surface area contributed by atoms with Gasteiger partial charge in [-0.3, -0.25) is 10.1 Å². The number of hydrogen-bond acceptors (Lipinski definition) is 3. The summed E-state index contributed by atoms with van der Waals surface area (Å²) in [4.78, 5) is 12.5. The molecular formula is C20H26N2O2. The zero-order valence-electron chi connectivity index (χ0n) is 14.7. The SMILES string of the molecule is COc1ccccc1NC(=O)[C@@H](C)N[C@@H](c1ccccc1)C(C)C. The highest BCUT2D eigenvalue weighted by Gasteiger charge is 2.22. The van der Waals surface area contributed by atoms with Gasteiger partial charge in [0.05, 0.1) is 18.8 Å². The molecule has 0 aliphatic carbocycles. The van der Waals surface area contributed by atoms with Crippen molar-refractivity contribution in [3.05, 3.63) is 60.2 Å². The van der Waals surface area contributed by atoms with E-state index >= 15 is 0 Å². The monoisotopic (exact) mass is 326 g/mol. The molecule has 0 aromatic heterocycles. The van der Waals surface area contributed by atoms with Crippen LogP contribution in [0.1, 0.15) is 32.4 Å². The summed E-state index contributed by atoms with van der Waals surface area (Å²) in [5.41, 5.74) is 1.86. The minimum Gasteiger partial charge on any atom is -0.495 e. The molecule has 2 aromatic rings. The normalized spacial score (nSPS) is 13.4. The number of benzene rings is 2. The Morgan fingerprint density at radius 2 is 1.58 bits per heavy atom. The molecule has 0 saturated heterocycles. The maximum atomic E-state index is 12.5. The van der Waals surface area contributed by atoms with Crippen LogP contribution < -0.4 is 15.4 Å². The largest absolute Gasteiger partial charge is 0.495 e. The smallest absolute Gasteiger partial charge is 0.241 e. The fourth-order valence-electron chi connectivity index (χ4n) is 2.67. The molecule has 0 radical (unpaired) electrons. The molecule has 128 valence electrons. The fourth-order valence-corrected chi connectivity index (χ4v) is 2.67. The van der Waals surface area contributed by atoms with Crippen molar-refractivity contribution in [3.8, 4) is 5.75 Å². The number of carbonyl (C=O) groups is 1. The molecule has 2 atom stereocenters. The summed E-state index contributed by atoms with van der Waals surface area (Å²) in [7, 11) is 1.59. The van der Waals surface area contributed by atoms with Crippen LogP contribution in [0.4, 0.5) is 5.69 Å². The summed E-state index contributed by atoms with van der Waals surface area (Å²) in [6.45, 7) is 6.17. The Balaban J connectivity index is 2.07. The van der Waals surface area contributed by atoms with Gasteiger partial charge < -0.3 is 10.1 Å². The molecule has 4 nitrogen and oxygen atoms in total. The van der Waals surface area contributed by atoms with Crippen molar-refractivity contribution >= 4 is 11.6 Å². The minimum absolute atomic E-state index is 0.0823. The van der Waals surface area contributed by atoms with E-state index in [-0.39, 0.29) is 18.0 Å². The number of methoxy groups -OCH3 is 1. The van der Waals surface area contributed by atoms with E-state index in [2.05, 4.69) is 36.6 Å². The molecule has 2 aromatic carbocycles. The number of anilines is 1. The lowest BCUT2D eigenvalue weighted by molar-refractivity contribution is -0.118. The highest BCUT2D eigenvalue weighted by molar-refractivity contribution is 5.95. The molecule has 0 heterocycles. The van der Waals surface area contributed by atoms with Gasteiger partial charge in [0, 0.05) is 6.04 Å². The van der Waals surface area contributed by atoms with Gasteiger partial charge in [0.25, 0.3) is 0 Å². The quantitative estimate of drug-likeness (QED) is 0.808. The molecular weight excluding hydrogens is 300 g/mol. The third-order valence-corrected chi connectivity index (χ3v) is 4.01. The van der Waals surface area contributed by atoms with Crippen molar-refractivity contribution in [3.63, 3.8) is 0 Å². The molecule has 0 bridgehead atoms. The van der Waals surface area contributed by atoms with Gasteiger partial charge in [0.15, 0.2) is 0 Å². The van der Waals surface area contributed by atoms with Gasteiger partial charge in [-0.1, -0.05) is 56.3 Å². The zero-order valence-corrected chi connectivity index (χ0v) is 14.7. The molecule has 1 amide bonds. The van der Waals surface area contributed by atoms with Gasteiger partial charge >= 0.3 is 0 Å². The Morgan fingerprint density at radius 3 is 2.21 bits per heavy atom. The van der Waals surface area contributed by atoms with E-state index in [0.29, 0.717) is 17.4 Å². The van der Waals surface area contributed by atoms with E-state index in [0.717, 1.165) is 0 Å². The lowest BCUT2D eigenvalue weighted by Crippen LogP contribution is -2.41. The van der Waals surface area contributed by atoms with Crippen molar-refractivity contribution in [1.29, 1.82) is 0 Å². The van der Waals surface area contributed by atoms with Gasteiger partial charge in [-0.15, -0.1) is 0 Å². The van der Waals surface area contributed by atoms with Crippen LogP contribution in [0.15, 0.2) is 54.6 Å². The first kappa shape index (κ1) is 18.0. The minimum atomic E-state index is -0.331. The lowest BCUT2D eigenvalue weighted by Gasteiger charge is -2.26. The van der Waals surface area contributed by atoms with Gasteiger partial charge in [-0.25, -0.2) is 0 Å². The van der Waals surface area contributed by atoms with Crippen molar-refractivity contribution in [2.45, 2.75) is 32.9 Å². The Labute approximate surface area is 144 Å². The predicted octanol–water partition coefficient (Wildman–Crippen LogP) is 4.01. The molecule has 2 N–H and O–H groups in total. The van der Waals surface area contributed by atoms with Crippen LogP contribution in [0.5, 0.6) is 5.75 Å². The van der Waals surface area contributed by atoms with Crippen LogP contribution in [0.3, 0.4) is 0 Å². The average molecular weight is 326 g/mol. The van der Waals surface area contributed by atoms with Crippen molar-refractivity contribution in [2.24, 2.45) is 5.92 Å². The number of amides is 1. The summed E-state index contributed by atoms with van der Waals surface area (Å²) in [6.07, 6.45) is 0. The van der Waals surface area contributed by atoms with E-state index in [9.17, 15) is 4.79 Å². The number of carbonyl (C=O) groups excluding carboxylic acids is 1. The Hall–Kier alpha value is -2.33. The Bertz CT molecular complexity index is 656.